The minimum Gasteiger partial charge on any atom is -0.355 e. The van der Waals surface area contributed by atoms with Crippen LogP contribution in [0.25, 0.3) is 0 Å². The van der Waals surface area contributed by atoms with Crippen molar-refractivity contribution >= 4 is 39.8 Å². The maximum Gasteiger partial charge on any atom is 0.191 e. The van der Waals surface area contributed by atoms with Gasteiger partial charge in [-0.05, 0) is 39.8 Å². The van der Waals surface area contributed by atoms with Crippen LogP contribution < -0.4 is 10.6 Å². The van der Waals surface area contributed by atoms with Gasteiger partial charge in [0.25, 0.3) is 0 Å². The van der Waals surface area contributed by atoms with Crippen LogP contribution in [0.1, 0.15) is 33.6 Å². The number of likely N-dealkylation sites (N-methyl/N-ethyl adjacent to an activating group) is 1. The summed E-state index contributed by atoms with van der Waals surface area (Å²) in [6.07, 6.45) is 3.71. The van der Waals surface area contributed by atoms with Gasteiger partial charge in [-0.2, -0.15) is 0 Å². The van der Waals surface area contributed by atoms with Gasteiger partial charge in [-0.1, -0.05) is 6.92 Å². The Morgan fingerprint density at radius 2 is 2.00 bits per heavy atom. The van der Waals surface area contributed by atoms with E-state index in [1.165, 1.54) is 19.1 Å². The molecule has 6 nitrogen and oxygen atoms in total. The fraction of sp³-hybridized carbons (Fsp3) is 0.929. The number of rotatable bonds is 6. The Morgan fingerprint density at radius 1 is 1.36 bits per heavy atom. The normalized spacial score (nSPS) is 20.6. The van der Waals surface area contributed by atoms with Crippen LogP contribution in [-0.2, 0) is 9.84 Å². The van der Waals surface area contributed by atoms with Crippen molar-refractivity contribution in [1.29, 1.82) is 0 Å². The summed E-state index contributed by atoms with van der Waals surface area (Å²) in [5.74, 6) is 0.662. The summed E-state index contributed by atoms with van der Waals surface area (Å²) in [5, 5.41) is 6.42. The number of nitrogens with zero attached hydrogens (tertiary/aromatic N) is 2. The molecule has 0 aromatic heterocycles. The topological polar surface area (TPSA) is 73.8 Å². The van der Waals surface area contributed by atoms with Crippen LogP contribution in [0.3, 0.4) is 0 Å². The first kappa shape index (κ1) is 21.9. The van der Waals surface area contributed by atoms with Gasteiger partial charge in [0.2, 0.25) is 0 Å². The molecular weight excluding hydrogens is 415 g/mol. The van der Waals surface area contributed by atoms with Crippen molar-refractivity contribution in [3.05, 3.63) is 0 Å². The Hall–Kier alpha value is -0.0900. The maximum atomic E-state index is 11.7. The van der Waals surface area contributed by atoms with Crippen LogP contribution in [0.15, 0.2) is 4.99 Å². The Morgan fingerprint density at radius 3 is 2.50 bits per heavy atom. The highest BCUT2D eigenvalue weighted by atomic mass is 127. The zero-order chi connectivity index (χ0) is 16.1. The second-order valence-corrected chi connectivity index (χ2v) is 8.91. The van der Waals surface area contributed by atoms with Gasteiger partial charge in [-0.3, -0.25) is 9.89 Å². The SMILES string of the molecule is CCN1CCCC1CNC(=NC)NCC(C)(C)S(C)(=O)=O.I. The smallest absolute Gasteiger partial charge is 0.191 e. The summed E-state index contributed by atoms with van der Waals surface area (Å²) >= 11 is 0. The Kier molecular flexibility index (Phi) is 9.23. The Balaban J connectivity index is 0.00000441. The molecular formula is C14H31IN4O2S. The lowest BCUT2D eigenvalue weighted by Crippen LogP contribution is -2.50. The molecule has 2 N–H and O–H groups in total. The zero-order valence-corrected chi connectivity index (χ0v) is 17.5. The first-order valence-corrected chi connectivity index (χ1v) is 9.48. The third kappa shape index (κ3) is 6.19. The van der Waals surface area contributed by atoms with E-state index in [1.807, 2.05) is 0 Å². The van der Waals surface area contributed by atoms with Crippen LogP contribution in [-0.4, -0.2) is 69.5 Å². The number of hydrogen-bond donors (Lipinski definition) is 2. The molecule has 8 heteroatoms. The molecule has 1 saturated heterocycles. The number of aliphatic imine (C=N–C) groups is 1. The first-order chi connectivity index (χ1) is 9.71. The molecule has 0 aromatic rings. The van der Waals surface area contributed by atoms with E-state index in [4.69, 9.17) is 0 Å². The second kappa shape index (κ2) is 9.27. The van der Waals surface area contributed by atoms with Crippen molar-refractivity contribution in [2.75, 3.05) is 39.5 Å². The molecule has 1 atom stereocenters. The van der Waals surface area contributed by atoms with Crippen LogP contribution in [0.4, 0.5) is 0 Å². The predicted octanol–water partition coefficient (Wildman–Crippen LogP) is 1.08. The van der Waals surface area contributed by atoms with E-state index in [9.17, 15) is 8.42 Å². The average molecular weight is 446 g/mol. The van der Waals surface area contributed by atoms with Crippen molar-refractivity contribution in [2.45, 2.75) is 44.4 Å². The van der Waals surface area contributed by atoms with E-state index in [0.29, 0.717) is 18.5 Å². The molecule has 0 bridgehead atoms. The van der Waals surface area contributed by atoms with E-state index >= 15 is 0 Å². The van der Waals surface area contributed by atoms with Crippen molar-refractivity contribution in [3.8, 4) is 0 Å². The molecule has 1 rings (SSSR count). The van der Waals surface area contributed by atoms with Gasteiger partial charge in [0.15, 0.2) is 15.8 Å². The van der Waals surface area contributed by atoms with E-state index < -0.39 is 14.6 Å². The number of hydrogen-bond acceptors (Lipinski definition) is 4. The lowest BCUT2D eigenvalue weighted by molar-refractivity contribution is 0.267. The number of guanidine groups is 1. The van der Waals surface area contributed by atoms with Crippen molar-refractivity contribution in [2.24, 2.45) is 4.99 Å². The molecule has 0 aliphatic carbocycles. The maximum absolute atomic E-state index is 11.7. The molecule has 1 heterocycles. The number of nitrogens with one attached hydrogen (secondary N) is 2. The van der Waals surface area contributed by atoms with E-state index in [0.717, 1.165) is 19.6 Å². The van der Waals surface area contributed by atoms with E-state index in [-0.39, 0.29) is 24.0 Å². The summed E-state index contributed by atoms with van der Waals surface area (Å²) in [4.78, 5) is 6.63. The fourth-order valence-corrected chi connectivity index (χ4v) is 2.74. The summed E-state index contributed by atoms with van der Waals surface area (Å²) in [7, 11) is -1.40. The monoisotopic (exact) mass is 446 g/mol. The predicted molar refractivity (Wildman–Crippen MR) is 104 cm³/mol. The summed E-state index contributed by atoms with van der Waals surface area (Å²) < 4.78 is 22.6. The number of halogens is 1. The van der Waals surface area contributed by atoms with Gasteiger partial charge < -0.3 is 10.6 Å². The van der Waals surface area contributed by atoms with Gasteiger partial charge in [-0.15, -0.1) is 24.0 Å². The van der Waals surface area contributed by atoms with Crippen LogP contribution in [0.5, 0.6) is 0 Å². The first-order valence-electron chi connectivity index (χ1n) is 7.59. The summed E-state index contributed by atoms with van der Waals surface area (Å²) in [5.41, 5.74) is 0. The lowest BCUT2D eigenvalue weighted by Gasteiger charge is -2.26. The van der Waals surface area contributed by atoms with E-state index in [1.54, 1.807) is 20.9 Å². The van der Waals surface area contributed by atoms with Crippen LogP contribution >= 0.6 is 24.0 Å². The lowest BCUT2D eigenvalue weighted by atomic mass is 10.2. The Bertz CT molecular complexity index is 465. The van der Waals surface area contributed by atoms with Gasteiger partial charge >= 0.3 is 0 Å². The molecule has 0 amide bonds. The summed E-state index contributed by atoms with van der Waals surface area (Å²) in [6.45, 7) is 9.03. The molecule has 1 fully saturated rings. The zero-order valence-electron chi connectivity index (χ0n) is 14.3. The van der Waals surface area contributed by atoms with Crippen molar-refractivity contribution in [1.82, 2.24) is 15.5 Å². The highest BCUT2D eigenvalue weighted by molar-refractivity contribution is 14.0. The molecule has 0 spiro atoms. The molecule has 1 aliphatic rings. The minimum absolute atomic E-state index is 0. The third-order valence-corrected chi connectivity index (χ3v) is 6.47. The third-order valence-electron chi connectivity index (χ3n) is 4.32. The highest BCUT2D eigenvalue weighted by Crippen LogP contribution is 2.15. The van der Waals surface area contributed by atoms with E-state index in [2.05, 4.69) is 27.4 Å². The van der Waals surface area contributed by atoms with Crippen molar-refractivity contribution < 1.29 is 8.42 Å². The average Bonchev–Trinajstić information content (AvgIpc) is 2.85. The molecule has 0 radical (unpaired) electrons. The van der Waals surface area contributed by atoms with Gasteiger partial charge in [0.05, 0.1) is 4.75 Å². The molecule has 0 aromatic carbocycles. The quantitative estimate of drug-likeness (QED) is 0.363. The summed E-state index contributed by atoms with van der Waals surface area (Å²) in [6, 6.07) is 0.538. The van der Waals surface area contributed by atoms with Gasteiger partial charge in [0.1, 0.15) is 0 Å². The Labute approximate surface area is 152 Å². The van der Waals surface area contributed by atoms with Gasteiger partial charge in [-0.25, -0.2) is 8.42 Å². The van der Waals surface area contributed by atoms with Crippen LogP contribution in [0.2, 0.25) is 0 Å². The molecule has 132 valence electrons. The molecule has 22 heavy (non-hydrogen) atoms. The minimum atomic E-state index is -3.10. The number of sulfone groups is 1. The molecule has 1 aliphatic heterocycles. The van der Waals surface area contributed by atoms with Crippen LogP contribution in [0, 0.1) is 0 Å². The fourth-order valence-electron chi connectivity index (χ4n) is 2.41. The number of likely N-dealkylation sites (tertiary alicyclic amines) is 1. The van der Waals surface area contributed by atoms with Gasteiger partial charge in [0, 0.05) is 32.4 Å². The second-order valence-electron chi connectivity index (χ2n) is 6.26. The standard InChI is InChI=1S/C14H30N4O2S.HI/c1-6-18-9-7-8-12(18)10-16-13(15-4)17-11-14(2,3)21(5,19)20;/h12H,6-11H2,1-5H3,(H2,15,16,17);1H. The largest absolute Gasteiger partial charge is 0.355 e. The van der Waals surface area contributed by atoms with Crippen molar-refractivity contribution in [3.63, 3.8) is 0 Å². The molecule has 1 unspecified atom stereocenters. The highest BCUT2D eigenvalue weighted by Gasteiger charge is 2.30. The molecule has 0 saturated carbocycles.